The second-order valence-corrected chi connectivity index (χ2v) is 5.21. The van der Waals surface area contributed by atoms with Gasteiger partial charge in [0.25, 0.3) is 0 Å². The number of hydrogen-bond donors (Lipinski definition) is 0. The molecule has 110 valence electrons. The average Bonchev–Trinajstić information content (AvgIpc) is 2.92. The highest BCUT2D eigenvalue weighted by Gasteiger charge is 2.24. The van der Waals surface area contributed by atoms with Crippen molar-refractivity contribution in [1.29, 1.82) is 0 Å². The Morgan fingerprint density at radius 3 is 2.62 bits per heavy atom. The van der Waals surface area contributed by atoms with Crippen LogP contribution in [0.5, 0.6) is 11.5 Å². The highest BCUT2D eigenvalue weighted by molar-refractivity contribution is 5.81. The lowest BCUT2D eigenvalue weighted by Gasteiger charge is -2.10. The quantitative estimate of drug-likeness (QED) is 0.801. The van der Waals surface area contributed by atoms with Gasteiger partial charge in [-0.15, -0.1) is 0 Å². The van der Waals surface area contributed by atoms with E-state index in [4.69, 9.17) is 18.6 Å². The van der Waals surface area contributed by atoms with Gasteiger partial charge in [0.1, 0.15) is 6.10 Å². The van der Waals surface area contributed by atoms with Crippen molar-refractivity contribution in [3.05, 3.63) is 28.4 Å². The number of rotatable bonds is 1. The summed E-state index contributed by atoms with van der Waals surface area (Å²) >= 11 is 0. The van der Waals surface area contributed by atoms with E-state index in [0.29, 0.717) is 48.1 Å². The van der Waals surface area contributed by atoms with E-state index in [0.717, 1.165) is 19.3 Å². The van der Waals surface area contributed by atoms with E-state index in [-0.39, 0.29) is 6.10 Å². The van der Waals surface area contributed by atoms with Crippen LogP contribution in [0.3, 0.4) is 0 Å². The van der Waals surface area contributed by atoms with Gasteiger partial charge < -0.3 is 18.6 Å². The first-order valence-corrected chi connectivity index (χ1v) is 7.17. The first-order valence-electron chi connectivity index (χ1n) is 7.17. The summed E-state index contributed by atoms with van der Waals surface area (Å²) in [7, 11) is 0. The minimum Gasteiger partial charge on any atom is -0.490 e. The number of benzene rings is 1. The van der Waals surface area contributed by atoms with Crippen LogP contribution < -0.4 is 15.1 Å². The number of fused-ring (bicyclic) bond motifs is 2. The van der Waals surface area contributed by atoms with E-state index < -0.39 is 5.63 Å². The van der Waals surface area contributed by atoms with E-state index in [1.54, 1.807) is 12.1 Å². The number of hydrogen-bond acceptors (Lipinski definition) is 6. The van der Waals surface area contributed by atoms with Crippen molar-refractivity contribution in [3.63, 3.8) is 0 Å². The highest BCUT2D eigenvalue weighted by Crippen LogP contribution is 2.34. The maximum Gasteiger partial charge on any atom is 0.347 e. The Bertz CT molecular complexity index is 733. The predicted molar refractivity (Wildman–Crippen MR) is 73.8 cm³/mol. The van der Waals surface area contributed by atoms with Gasteiger partial charge in [-0.2, -0.15) is 0 Å². The maximum absolute atomic E-state index is 12.2. The first kappa shape index (κ1) is 12.6. The van der Waals surface area contributed by atoms with Gasteiger partial charge in [-0.05, 0) is 12.8 Å². The zero-order chi connectivity index (χ0) is 14.2. The van der Waals surface area contributed by atoms with Gasteiger partial charge >= 0.3 is 5.63 Å². The van der Waals surface area contributed by atoms with Gasteiger partial charge in [-0.1, -0.05) is 0 Å². The molecule has 1 aromatic carbocycles. The van der Waals surface area contributed by atoms with Gasteiger partial charge in [0.2, 0.25) is 5.89 Å². The second-order valence-electron chi connectivity index (χ2n) is 5.21. The predicted octanol–water partition coefficient (Wildman–Crippen LogP) is 2.20. The molecule has 1 saturated heterocycles. The highest BCUT2D eigenvalue weighted by atomic mass is 16.5. The van der Waals surface area contributed by atoms with Crippen molar-refractivity contribution < 1.29 is 18.6 Å². The van der Waals surface area contributed by atoms with Crippen molar-refractivity contribution >= 4 is 10.9 Å². The van der Waals surface area contributed by atoms with Crippen LogP contribution in [-0.2, 0) is 4.74 Å². The van der Waals surface area contributed by atoms with Gasteiger partial charge in [-0.3, -0.25) is 0 Å². The smallest absolute Gasteiger partial charge is 0.347 e. The van der Waals surface area contributed by atoms with Gasteiger partial charge in [0.15, 0.2) is 11.5 Å². The summed E-state index contributed by atoms with van der Waals surface area (Å²) in [4.78, 5) is 16.6. The summed E-state index contributed by atoms with van der Waals surface area (Å²) < 4.78 is 22.0. The van der Waals surface area contributed by atoms with Crippen LogP contribution in [0.1, 0.15) is 31.3 Å². The number of ether oxygens (including phenoxy) is 3. The Labute approximate surface area is 120 Å². The zero-order valence-corrected chi connectivity index (χ0v) is 11.5. The Balaban J connectivity index is 1.85. The zero-order valence-electron chi connectivity index (χ0n) is 11.5. The SMILES string of the molecule is O=c1oc([C@@H]2CCCO2)nc2cc3c(cc12)OCCCO3. The third-order valence-corrected chi connectivity index (χ3v) is 3.72. The first-order chi connectivity index (χ1) is 10.3. The third kappa shape index (κ3) is 2.25. The molecule has 0 radical (unpaired) electrons. The molecule has 2 aliphatic heterocycles. The summed E-state index contributed by atoms with van der Waals surface area (Å²) in [5, 5.41) is 0.404. The fourth-order valence-corrected chi connectivity index (χ4v) is 2.66. The minimum absolute atomic E-state index is 0.224. The summed E-state index contributed by atoms with van der Waals surface area (Å²) in [6, 6.07) is 3.39. The van der Waals surface area contributed by atoms with E-state index >= 15 is 0 Å². The van der Waals surface area contributed by atoms with Crippen LogP contribution in [-0.4, -0.2) is 24.8 Å². The van der Waals surface area contributed by atoms with Gasteiger partial charge in [0.05, 0.1) is 24.1 Å². The molecule has 1 atom stereocenters. The molecule has 2 aliphatic rings. The normalized spacial score (nSPS) is 21.4. The molecule has 4 rings (SSSR count). The monoisotopic (exact) mass is 289 g/mol. The molecule has 1 aromatic heterocycles. The molecular weight excluding hydrogens is 274 g/mol. The van der Waals surface area contributed by atoms with Crippen LogP contribution in [0.4, 0.5) is 0 Å². The molecule has 0 N–H and O–H groups in total. The molecule has 2 aromatic rings. The van der Waals surface area contributed by atoms with Crippen molar-refractivity contribution in [2.75, 3.05) is 19.8 Å². The van der Waals surface area contributed by atoms with E-state index in [1.807, 2.05) is 0 Å². The Morgan fingerprint density at radius 2 is 1.86 bits per heavy atom. The Morgan fingerprint density at radius 1 is 1.05 bits per heavy atom. The lowest BCUT2D eigenvalue weighted by Crippen LogP contribution is -2.09. The minimum atomic E-state index is -0.416. The topological polar surface area (TPSA) is 70.8 Å². The molecular formula is C15H15NO5. The molecule has 6 nitrogen and oxygen atoms in total. The molecule has 0 bridgehead atoms. The summed E-state index contributed by atoms with van der Waals surface area (Å²) in [6.45, 7) is 1.85. The number of nitrogens with zero attached hydrogens (tertiary/aromatic N) is 1. The average molecular weight is 289 g/mol. The Hall–Kier alpha value is -2.08. The fraction of sp³-hybridized carbons (Fsp3) is 0.467. The van der Waals surface area contributed by atoms with Crippen LogP contribution in [0.2, 0.25) is 0 Å². The van der Waals surface area contributed by atoms with Crippen LogP contribution in [0, 0.1) is 0 Å². The summed E-state index contributed by atoms with van der Waals surface area (Å²) in [6.07, 6.45) is 2.37. The van der Waals surface area contributed by atoms with Crippen LogP contribution in [0.25, 0.3) is 10.9 Å². The van der Waals surface area contributed by atoms with E-state index in [9.17, 15) is 4.79 Å². The lowest BCUT2D eigenvalue weighted by atomic mass is 10.2. The molecule has 0 aliphatic carbocycles. The Kier molecular flexibility index (Phi) is 3.03. The lowest BCUT2D eigenvalue weighted by molar-refractivity contribution is 0.0859. The molecule has 3 heterocycles. The molecule has 0 spiro atoms. The van der Waals surface area contributed by atoms with Gasteiger partial charge in [0, 0.05) is 25.2 Å². The standard InChI is InChI=1S/C15H15NO5/c17-15-9-7-12-13(20-6-2-5-19-12)8-10(9)16-14(21-15)11-3-1-4-18-11/h7-8,11H,1-6H2/t11-/m0/s1. The van der Waals surface area contributed by atoms with Crippen LogP contribution in [0.15, 0.2) is 21.3 Å². The van der Waals surface area contributed by atoms with Crippen molar-refractivity contribution in [2.45, 2.75) is 25.4 Å². The van der Waals surface area contributed by atoms with E-state index in [2.05, 4.69) is 4.98 Å². The van der Waals surface area contributed by atoms with Gasteiger partial charge in [-0.25, -0.2) is 9.78 Å². The largest absolute Gasteiger partial charge is 0.490 e. The number of aromatic nitrogens is 1. The summed E-state index contributed by atoms with van der Waals surface area (Å²) in [5.74, 6) is 1.54. The van der Waals surface area contributed by atoms with Crippen molar-refractivity contribution in [2.24, 2.45) is 0 Å². The summed E-state index contributed by atoms with van der Waals surface area (Å²) in [5.41, 5.74) is 0.141. The molecule has 21 heavy (non-hydrogen) atoms. The molecule has 6 heteroatoms. The van der Waals surface area contributed by atoms with E-state index in [1.165, 1.54) is 0 Å². The van der Waals surface area contributed by atoms with Crippen molar-refractivity contribution in [1.82, 2.24) is 4.98 Å². The fourth-order valence-electron chi connectivity index (χ4n) is 2.66. The van der Waals surface area contributed by atoms with Crippen molar-refractivity contribution in [3.8, 4) is 11.5 Å². The third-order valence-electron chi connectivity index (χ3n) is 3.72. The molecule has 0 amide bonds. The second kappa shape index (κ2) is 5.04. The molecule has 1 fully saturated rings. The maximum atomic E-state index is 12.2. The van der Waals surface area contributed by atoms with Crippen LogP contribution >= 0.6 is 0 Å². The molecule has 0 unspecified atom stereocenters. The molecule has 0 saturated carbocycles.